The molecule has 1 aliphatic rings. The van der Waals surface area contributed by atoms with Gasteiger partial charge in [-0.15, -0.1) is 0 Å². The molecule has 0 aromatic heterocycles. The average Bonchev–Trinajstić information content (AvgIpc) is 2.41. The second-order valence-corrected chi connectivity index (χ2v) is 5.53. The van der Waals surface area contributed by atoms with Crippen molar-refractivity contribution in [2.24, 2.45) is 0 Å². The smallest absolute Gasteiger partial charge is 0.0195 e. The molecular formula is C15H33N3. The van der Waals surface area contributed by atoms with E-state index in [9.17, 15) is 0 Å². The topological polar surface area (TPSA) is 18.5 Å². The van der Waals surface area contributed by atoms with Crippen molar-refractivity contribution in [3.8, 4) is 0 Å². The Labute approximate surface area is 114 Å². The van der Waals surface area contributed by atoms with Crippen LogP contribution < -0.4 is 5.32 Å². The number of nitrogens with zero attached hydrogens (tertiary/aromatic N) is 2. The van der Waals surface area contributed by atoms with E-state index in [-0.39, 0.29) is 0 Å². The summed E-state index contributed by atoms with van der Waals surface area (Å²) >= 11 is 0. The second-order valence-electron chi connectivity index (χ2n) is 5.53. The quantitative estimate of drug-likeness (QED) is 0.681. The predicted molar refractivity (Wildman–Crippen MR) is 80.2 cm³/mol. The monoisotopic (exact) mass is 255 g/mol. The maximum Gasteiger partial charge on any atom is 0.0195 e. The summed E-state index contributed by atoms with van der Waals surface area (Å²) in [5.41, 5.74) is 0. The lowest BCUT2D eigenvalue weighted by atomic mass is 10.1. The van der Waals surface area contributed by atoms with Gasteiger partial charge in [-0.1, -0.05) is 20.8 Å². The molecule has 0 amide bonds. The van der Waals surface area contributed by atoms with Gasteiger partial charge >= 0.3 is 0 Å². The number of hydrogen-bond acceptors (Lipinski definition) is 3. The van der Waals surface area contributed by atoms with E-state index < -0.39 is 0 Å². The van der Waals surface area contributed by atoms with Crippen LogP contribution >= 0.6 is 0 Å². The van der Waals surface area contributed by atoms with Gasteiger partial charge in [0.25, 0.3) is 0 Å². The van der Waals surface area contributed by atoms with E-state index in [0.717, 1.165) is 6.04 Å². The van der Waals surface area contributed by atoms with E-state index in [2.05, 4.69) is 35.9 Å². The highest BCUT2D eigenvalue weighted by Crippen LogP contribution is 2.10. The third-order valence-electron chi connectivity index (χ3n) is 3.91. The van der Waals surface area contributed by atoms with Crippen molar-refractivity contribution >= 4 is 0 Å². The van der Waals surface area contributed by atoms with Crippen LogP contribution in [0.3, 0.4) is 0 Å². The molecule has 18 heavy (non-hydrogen) atoms. The summed E-state index contributed by atoms with van der Waals surface area (Å²) in [6, 6.07) is 0.736. The Bertz CT molecular complexity index is 196. The van der Waals surface area contributed by atoms with Crippen molar-refractivity contribution in [3.63, 3.8) is 0 Å². The van der Waals surface area contributed by atoms with Crippen LogP contribution in [0.1, 0.15) is 46.5 Å². The Hall–Kier alpha value is -0.120. The summed E-state index contributed by atoms with van der Waals surface area (Å²) in [6.45, 7) is 15.5. The molecule has 0 saturated carbocycles. The zero-order valence-electron chi connectivity index (χ0n) is 12.7. The van der Waals surface area contributed by atoms with Crippen molar-refractivity contribution in [1.82, 2.24) is 15.1 Å². The summed E-state index contributed by atoms with van der Waals surface area (Å²) in [7, 11) is 0. The highest BCUT2D eigenvalue weighted by atomic mass is 15.2. The molecule has 1 atom stereocenters. The number of likely N-dealkylation sites (tertiary alicyclic amines) is 1. The van der Waals surface area contributed by atoms with Gasteiger partial charge in [-0.2, -0.15) is 0 Å². The van der Waals surface area contributed by atoms with Crippen molar-refractivity contribution in [1.29, 1.82) is 0 Å². The van der Waals surface area contributed by atoms with Gasteiger partial charge in [0.2, 0.25) is 0 Å². The molecular weight excluding hydrogens is 222 g/mol. The molecule has 1 aliphatic heterocycles. The van der Waals surface area contributed by atoms with Gasteiger partial charge in [-0.3, -0.25) is 0 Å². The molecule has 0 aromatic carbocycles. The van der Waals surface area contributed by atoms with Crippen LogP contribution in [-0.2, 0) is 0 Å². The highest BCUT2D eigenvalue weighted by molar-refractivity contribution is 4.78. The first kappa shape index (κ1) is 15.9. The third-order valence-corrected chi connectivity index (χ3v) is 3.91. The van der Waals surface area contributed by atoms with E-state index in [1.807, 2.05) is 0 Å². The lowest BCUT2D eigenvalue weighted by Gasteiger charge is -2.34. The van der Waals surface area contributed by atoms with E-state index in [1.165, 1.54) is 71.5 Å². The molecule has 0 aromatic rings. The van der Waals surface area contributed by atoms with Crippen molar-refractivity contribution in [2.75, 3.05) is 45.8 Å². The lowest BCUT2D eigenvalue weighted by molar-refractivity contribution is 0.162. The minimum atomic E-state index is 0.736. The first-order valence-corrected chi connectivity index (χ1v) is 7.98. The standard InChI is InChI=1S/C15H33N3/c1-4-9-16-15-8-7-11-18(14-15)13-12-17(6-3)10-5-2/h15-16H,4-14H2,1-3H3. The molecule has 3 nitrogen and oxygen atoms in total. The van der Waals surface area contributed by atoms with E-state index in [0.29, 0.717) is 0 Å². The first-order chi connectivity index (χ1) is 8.80. The Morgan fingerprint density at radius 1 is 1.17 bits per heavy atom. The van der Waals surface area contributed by atoms with Crippen LogP contribution in [0.5, 0.6) is 0 Å². The van der Waals surface area contributed by atoms with Gasteiger partial charge in [-0.25, -0.2) is 0 Å². The molecule has 3 heteroatoms. The van der Waals surface area contributed by atoms with Crippen LogP contribution in [0.4, 0.5) is 0 Å². The third kappa shape index (κ3) is 6.17. The Morgan fingerprint density at radius 2 is 2.00 bits per heavy atom. The average molecular weight is 255 g/mol. The van der Waals surface area contributed by atoms with Gasteiger partial charge in [-0.05, 0) is 51.9 Å². The molecule has 1 saturated heterocycles. The number of nitrogens with one attached hydrogen (secondary N) is 1. The zero-order chi connectivity index (χ0) is 13.2. The largest absolute Gasteiger partial charge is 0.313 e. The maximum atomic E-state index is 3.67. The van der Waals surface area contributed by atoms with Crippen LogP contribution in [-0.4, -0.2) is 61.7 Å². The van der Waals surface area contributed by atoms with Gasteiger partial charge in [0.15, 0.2) is 0 Å². The summed E-state index contributed by atoms with van der Waals surface area (Å²) in [6.07, 6.45) is 5.25. The van der Waals surface area contributed by atoms with Gasteiger partial charge < -0.3 is 15.1 Å². The minimum Gasteiger partial charge on any atom is -0.313 e. The number of piperidine rings is 1. The van der Waals surface area contributed by atoms with E-state index in [1.54, 1.807) is 0 Å². The predicted octanol–water partition coefficient (Wildman–Crippen LogP) is 2.18. The first-order valence-electron chi connectivity index (χ1n) is 7.98. The molecule has 1 heterocycles. The van der Waals surface area contributed by atoms with Crippen molar-refractivity contribution in [3.05, 3.63) is 0 Å². The summed E-state index contributed by atoms with van der Waals surface area (Å²) in [5, 5.41) is 3.67. The van der Waals surface area contributed by atoms with Crippen LogP contribution in [0, 0.1) is 0 Å². The van der Waals surface area contributed by atoms with Gasteiger partial charge in [0.05, 0.1) is 0 Å². The molecule has 0 aliphatic carbocycles. The minimum absolute atomic E-state index is 0.736. The zero-order valence-corrected chi connectivity index (χ0v) is 12.7. The molecule has 1 rings (SSSR count). The van der Waals surface area contributed by atoms with Gasteiger partial charge in [0.1, 0.15) is 0 Å². The molecule has 0 spiro atoms. The molecule has 108 valence electrons. The summed E-state index contributed by atoms with van der Waals surface area (Å²) in [4.78, 5) is 5.22. The van der Waals surface area contributed by atoms with Crippen LogP contribution in [0.2, 0.25) is 0 Å². The normalized spacial score (nSPS) is 21.7. The Kier molecular flexibility index (Phi) is 8.64. The fourth-order valence-electron chi connectivity index (χ4n) is 2.80. The molecule has 1 fully saturated rings. The number of rotatable bonds is 9. The summed E-state index contributed by atoms with van der Waals surface area (Å²) in [5.74, 6) is 0. The molecule has 0 radical (unpaired) electrons. The van der Waals surface area contributed by atoms with Crippen LogP contribution in [0.15, 0.2) is 0 Å². The molecule has 0 bridgehead atoms. The lowest BCUT2D eigenvalue weighted by Crippen LogP contribution is -2.48. The number of hydrogen-bond donors (Lipinski definition) is 1. The van der Waals surface area contributed by atoms with Crippen molar-refractivity contribution in [2.45, 2.75) is 52.5 Å². The van der Waals surface area contributed by atoms with Gasteiger partial charge in [0, 0.05) is 25.7 Å². The number of likely N-dealkylation sites (N-methyl/N-ethyl adjacent to an activating group) is 1. The van der Waals surface area contributed by atoms with Crippen LogP contribution in [0.25, 0.3) is 0 Å². The Morgan fingerprint density at radius 3 is 2.67 bits per heavy atom. The fraction of sp³-hybridized carbons (Fsp3) is 1.00. The Balaban J connectivity index is 2.20. The maximum absolute atomic E-state index is 3.67. The fourth-order valence-corrected chi connectivity index (χ4v) is 2.80. The van der Waals surface area contributed by atoms with E-state index in [4.69, 9.17) is 0 Å². The molecule has 1 N–H and O–H groups in total. The highest BCUT2D eigenvalue weighted by Gasteiger charge is 2.19. The van der Waals surface area contributed by atoms with E-state index >= 15 is 0 Å². The second kappa shape index (κ2) is 9.76. The molecule has 1 unspecified atom stereocenters. The summed E-state index contributed by atoms with van der Waals surface area (Å²) < 4.78 is 0. The SMILES string of the molecule is CCCNC1CCCN(CCN(CC)CCC)C1. The van der Waals surface area contributed by atoms with Crippen molar-refractivity contribution < 1.29 is 0 Å².